The van der Waals surface area contributed by atoms with E-state index >= 15 is 0 Å². The van der Waals surface area contributed by atoms with Crippen LogP contribution in [0.25, 0.3) is 0 Å². The van der Waals surface area contributed by atoms with Crippen LogP contribution in [-0.2, 0) is 4.79 Å². The standard InChI is InChI=1S/C18H20N4O3S/c1-12-8-9-13(2)15(10-12)25-11-16(23)20-18(26)22-21-17(24)19-14-6-4-3-5-7-14/h3-10H,11H2,1-2H3,(H2,19,21,24)(H2,20,22,23,26). The number of carbonyl (C=O) groups excluding carboxylic acids is 2. The fourth-order valence-corrected chi connectivity index (χ4v) is 2.16. The number of rotatable bonds is 4. The summed E-state index contributed by atoms with van der Waals surface area (Å²) >= 11 is 4.95. The third-order valence-corrected chi connectivity index (χ3v) is 3.48. The van der Waals surface area contributed by atoms with Crippen molar-refractivity contribution < 1.29 is 14.3 Å². The molecular weight excluding hydrogens is 352 g/mol. The third-order valence-electron chi connectivity index (χ3n) is 3.28. The van der Waals surface area contributed by atoms with E-state index in [1.165, 1.54) is 0 Å². The molecule has 3 amide bonds. The summed E-state index contributed by atoms with van der Waals surface area (Å²) in [5.74, 6) is 0.202. The van der Waals surface area contributed by atoms with Gasteiger partial charge in [-0.3, -0.25) is 15.5 Å². The second-order valence-corrected chi connectivity index (χ2v) is 5.91. The molecule has 8 heteroatoms. The molecule has 2 rings (SSSR count). The van der Waals surface area contributed by atoms with Crippen LogP contribution in [0.2, 0.25) is 0 Å². The van der Waals surface area contributed by atoms with Crippen molar-refractivity contribution in [2.75, 3.05) is 11.9 Å². The summed E-state index contributed by atoms with van der Waals surface area (Å²) in [5, 5.41) is 4.98. The van der Waals surface area contributed by atoms with E-state index in [1.807, 2.05) is 38.1 Å². The molecule has 0 fully saturated rings. The van der Waals surface area contributed by atoms with E-state index in [9.17, 15) is 9.59 Å². The van der Waals surface area contributed by atoms with Gasteiger partial charge in [-0.15, -0.1) is 0 Å². The van der Waals surface area contributed by atoms with Gasteiger partial charge in [-0.25, -0.2) is 10.2 Å². The molecule has 0 aliphatic heterocycles. The third kappa shape index (κ3) is 6.40. The molecule has 0 aromatic heterocycles. The fourth-order valence-electron chi connectivity index (χ4n) is 2.00. The summed E-state index contributed by atoms with van der Waals surface area (Å²) in [6, 6.07) is 14.1. The fraction of sp³-hybridized carbons (Fsp3) is 0.167. The van der Waals surface area contributed by atoms with Crippen LogP contribution in [0.15, 0.2) is 48.5 Å². The van der Waals surface area contributed by atoms with Gasteiger partial charge < -0.3 is 10.1 Å². The smallest absolute Gasteiger partial charge is 0.337 e. The molecule has 0 saturated carbocycles. The monoisotopic (exact) mass is 372 g/mol. The number of ether oxygens (including phenoxy) is 1. The molecule has 0 spiro atoms. The van der Waals surface area contributed by atoms with Crippen molar-refractivity contribution in [3.05, 3.63) is 59.7 Å². The van der Waals surface area contributed by atoms with E-state index in [0.717, 1.165) is 11.1 Å². The summed E-state index contributed by atoms with van der Waals surface area (Å²) in [5.41, 5.74) is 7.36. The molecule has 4 N–H and O–H groups in total. The lowest BCUT2D eigenvalue weighted by atomic mass is 10.1. The second-order valence-electron chi connectivity index (χ2n) is 5.51. The van der Waals surface area contributed by atoms with E-state index in [1.54, 1.807) is 24.3 Å². The molecule has 2 aromatic rings. The number of amides is 3. The van der Waals surface area contributed by atoms with Gasteiger partial charge in [-0.05, 0) is 55.4 Å². The number of para-hydroxylation sites is 1. The molecule has 0 unspecified atom stereocenters. The Labute approximate surface area is 157 Å². The molecule has 2 aromatic carbocycles. The summed E-state index contributed by atoms with van der Waals surface area (Å²) in [6.07, 6.45) is 0. The van der Waals surface area contributed by atoms with E-state index in [4.69, 9.17) is 17.0 Å². The van der Waals surface area contributed by atoms with Crippen molar-refractivity contribution >= 4 is 35.0 Å². The van der Waals surface area contributed by atoms with Crippen molar-refractivity contribution in [3.63, 3.8) is 0 Å². The Bertz CT molecular complexity index is 796. The Morgan fingerprint density at radius 2 is 1.77 bits per heavy atom. The van der Waals surface area contributed by atoms with Gasteiger partial charge in [0.05, 0.1) is 0 Å². The number of nitrogens with one attached hydrogen (secondary N) is 4. The Morgan fingerprint density at radius 3 is 2.50 bits per heavy atom. The first kappa shape index (κ1) is 19.2. The van der Waals surface area contributed by atoms with Gasteiger partial charge in [-0.2, -0.15) is 0 Å². The zero-order valence-electron chi connectivity index (χ0n) is 14.5. The van der Waals surface area contributed by atoms with Crippen LogP contribution in [0.1, 0.15) is 11.1 Å². The van der Waals surface area contributed by atoms with Crippen molar-refractivity contribution in [1.29, 1.82) is 0 Å². The maximum Gasteiger partial charge on any atom is 0.337 e. The highest BCUT2D eigenvalue weighted by atomic mass is 32.1. The van der Waals surface area contributed by atoms with Crippen LogP contribution in [0.3, 0.4) is 0 Å². The number of hydrogen-bond acceptors (Lipinski definition) is 4. The van der Waals surface area contributed by atoms with E-state index in [-0.39, 0.29) is 11.7 Å². The van der Waals surface area contributed by atoms with Gasteiger partial charge >= 0.3 is 6.03 Å². The normalized spacial score (nSPS) is 9.77. The van der Waals surface area contributed by atoms with Crippen molar-refractivity contribution in [2.45, 2.75) is 13.8 Å². The molecule has 26 heavy (non-hydrogen) atoms. The number of hydrazine groups is 1. The van der Waals surface area contributed by atoms with Gasteiger partial charge in [0.1, 0.15) is 5.75 Å². The molecule has 0 atom stereocenters. The maximum atomic E-state index is 11.9. The lowest BCUT2D eigenvalue weighted by Crippen LogP contribution is -2.50. The van der Waals surface area contributed by atoms with Crippen molar-refractivity contribution in [2.24, 2.45) is 0 Å². The topological polar surface area (TPSA) is 91.5 Å². The number of aryl methyl sites for hydroxylation is 2. The Hall–Kier alpha value is -3.13. The minimum Gasteiger partial charge on any atom is -0.483 e. The number of carbonyl (C=O) groups is 2. The predicted molar refractivity (Wildman–Crippen MR) is 104 cm³/mol. The van der Waals surface area contributed by atoms with Crippen LogP contribution in [0.5, 0.6) is 5.75 Å². The summed E-state index contributed by atoms with van der Waals surface area (Å²) in [4.78, 5) is 23.6. The van der Waals surface area contributed by atoms with Crippen LogP contribution < -0.4 is 26.2 Å². The van der Waals surface area contributed by atoms with E-state index in [2.05, 4.69) is 21.5 Å². The molecule has 0 radical (unpaired) electrons. The summed E-state index contributed by atoms with van der Waals surface area (Å²) in [7, 11) is 0. The molecule has 7 nitrogen and oxygen atoms in total. The van der Waals surface area contributed by atoms with Gasteiger partial charge in [-0.1, -0.05) is 30.3 Å². The Balaban J connectivity index is 1.71. The largest absolute Gasteiger partial charge is 0.483 e. The maximum absolute atomic E-state index is 11.9. The Morgan fingerprint density at radius 1 is 1.04 bits per heavy atom. The zero-order valence-corrected chi connectivity index (χ0v) is 15.3. The highest BCUT2D eigenvalue weighted by Crippen LogP contribution is 2.18. The molecule has 0 aliphatic carbocycles. The predicted octanol–water partition coefficient (Wildman–Crippen LogP) is 2.41. The number of urea groups is 1. The lowest BCUT2D eigenvalue weighted by molar-refractivity contribution is -0.121. The molecule has 0 heterocycles. The summed E-state index contributed by atoms with van der Waals surface area (Å²) in [6.45, 7) is 3.65. The molecule has 0 bridgehead atoms. The average molecular weight is 372 g/mol. The second kappa shape index (κ2) is 9.38. The first-order valence-electron chi connectivity index (χ1n) is 7.86. The molecule has 0 saturated heterocycles. The van der Waals surface area contributed by atoms with E-state index < -0.39 is 11.9 Å². The lowest BCUT2D eigenvalue weighted by Gasteiger charge is -2.13. The Kier molecular flexibility index (Phi) is 6.92. The van der Waals surface area contributed by atoms with Crippen LogP contribution in [0, 0.1) is 13.8 Å². The van der Waals surface area contributed by atoms with E-state index in [0.29, 0.717) is 11.4 Å². The van der Waals surface area contributed by atoms with Crippen LogP contribution in [0.4, 0.5) is 10.5 Å². The molecule has 0 aliphatic rings. The highest BCUT2D eigenvalue weighted by Gasteiger charge is 2.08. The summed E-state index contributed by atoms with van der Waals surface area (Å²) < 4.78 is 5.49. The average Bonchev–Trinajstić information content (AvgIpc) is 2.61. The van der Waals surface area contributed by atoms with Gasteiger partial charge in [0.15, 0.2) is 11.7 Å². The molecule has 136 valence electrons. The minimum atomic E-state index is -0.514. The van der Waals surface area contributed by atoms with Crippen LogP contribution in [-0.4, -0.2) is 23.7 Å². The minimum absolute atomic E-state index is 0.0391. The van der Waals surface area contributed by atoms with Crippen molar-refractivity contribution in [1.82, 2.24) is 16.2 Å². The number of thiocarbonyl (C=S) groups is 1. The van der Waals surface area contributed by atoms with Gasteiger partial charge in [0.2, 0.25) is 0 Å². The van der Waals surface area contributed by atoms with Gasteiger partial charge in [0, 0.05) is 5.69 Å². The quantitative estimate of drug-likeness (QED) is 0.489. The zero-order chi connectivity index (χ0) is 18.9. The first-order valence-corrected chi connectivity index (χ1v) is 8.27. The number of hydrogen-bond donors (Lipinski definition) is 4. The number of anilines is 1. The van der Waals surface area contributed by atoms with Gasteiger partial charge in [0.25, 0.3) is 5.91 Å². The number of benzene rings is 2. The SMILES string of the molecule is Cc1ccc(C)c(OCC(=O)NC(=S)NNC(=O)Nc2ccccc2)c1. The molecular formula is C18H20N4O3S. The van der Waals surface area contributed by atoms with Crippen molar-refractivity contribution in [3.8, 4) is 5.75 Å². The first-order chi connectivity index (χ1) is 12.4. The van der Waals surface area contributed by atoms with Crippen LogP contribution >= 0.6 is 12.2 Å². The highest BCUT2D eigenvalue weighted by molar-refractivity contribution is 7.80.